The summed E-state index contributed by atoms with van der Waals surface area (Å²) in [5.41, 5.74) is 2.38. The summed E-state index contributed by atoms with van der Waals surface area (Å²) >= 11 is 5.34. The van der Waals surface area contributed by atoms with Gasteiger partial charge >= 0.3 is 0 Å². The fourth-order valence-corrected chi connectivity index (χ4v) is 3.99. The van der Waals surface area contributed by atoms with E-state index in [1.807, 2.05) is 66.8 Å². The Morgan fingerprint density at radius 3 is 2.79 bits per heavy atom. The summed E-state index contributed by atoms with van der Waals surface area (Å²) in [6.07, 6.45) is 11.1. The first-order chi connectivity index (χ1) is 14.1. The maximum absolute atomic E-state index is 13.3. The molecule has 1 fully saturated rings. The van der Waals surface area contributed by atoms with Crippen molar-refractivity contribution in [3.8, 4) is 0 Å². The molecule has 1 unspecified atom stereocenters. The van der Waals surface area contributed by atoms with Gasteiger partial charge < -0.3 is 0 Å². The van der Waals surface area contributed by atoms with Crippen LogP contribution in [-0.4, -0.2) is 29.2 Å². The summed E-state index contributed by atoms with van der Waals surface area (Å²) in [5.74, 6) is -0.952. The van der Waals surface area contributed by atoms with Crippen molar-refractivity contribution in [1.82, 2.24) is 5.32 Å². The van der Waals surface area contributed by atoms with Crippen LogP contribution >= 0.6 is 12.2 Å². The highest BCUT2D eigenvalue weighted by molar-refractivity contribution is 7.80. The number of amides is 2. The second kappa shape index (κ2) is 6.76. The number of allylic oxidation sites excluding steroid dienone is 4. The Kier molecular flexibility index (Phi) is 4.07. The zero-order valence-electron chi connectivity index (χ0n) is 15.2. The van der Waals surface area contributed by atoms with Crippen molar-refractivity contribution in [2.24, 2.45) is 4.99 Å². The molecule has 2 heterocycles. The molecule has 0 saturated carbocycles. The van der Waals surface area contributed by atoms with Crippen molar-refractivity contribution < 1.29 is 9.59 Å². The molecule has 5 rings (SSSR count). The Morgan fingerprint density at radius 2 is 1.90 bits per heavy atom. The largest absolute Gasteiger partial charge is 0.298 e. The van der Waals surface area contributed by atoms with Gasteiger partial charge in [0.05, 0.1) is 11.7 Å². The predicted octanol–water partition coefficient (Wildman–Crippen LogP) is 3.39. The van der Waals surface area contributed by atoms with Gasteiger partial charge in [0, 0.05) is 11.6 Å². The predicted molar refractivity (Wildman–Crippen MR) is 118 cm³/mol. The molecule has 6 heteroatoms. The zero-order chi connectivity index (χ0) is 20.0. The molecule has 0 radical (unpaired) electrons. The summed E-state index contributed by atoms with van der Waals surface area (Å²) in [6.45, 7) is 0. The third kappa shape index (κ3) is 2.85. The minimum absolute atomic E-state index is 0.0316. The molecule has 29 heavy (non-hydrogen) atoms. The summed E-state index contributed by atoms with van der Waals surface area (Å²) in [7, 11) is 0. The Hall–Kier alpha value is -3.64. The van der Waals surface area contributed by atoms with E-state index < -0.39 is 11.8 Å². The molecule has 5 nitrogen and oxygen atoms in total. The zero-order valence-corrected chi connectivity index (χ0v) is 16.0. The second-order valence-corrected chi connectivity index (χ2v) is 7.22. The van der Waals surface area contributed by atoms with E-state index in [-0.39, 0.29) is 16.7 Å². The highest BCUT2D eigenvalue weighted by Crippen LogP contribution is 2.31. The maximum atomic E-state index is 13.3. The fourth-order valence-electron chi connectivity index (χ4n) is 3.72. The highest BCUT2D eigenvalue weighted by Gasteiger charge is 2.35. The minimum Gasteiger partial charge on any atom is -0.298 e. The lowest BCUT2D eigenvalue weighted by Gasteiger charge is -2.29. The van der Waals surface area contributed by atoms with Gasteiger partial charge in [0.25, 0.3) is 11.8 Å². The fraction of sp³-hybridized carbons (Fsp3) is 0.0435. The van der Waals surface area contributed by atoms with Gasteiger partial charge in [-0.1, -0.05) is 60.7 Å². The standard InChI is InChI=1S/C23H15N3O2S/c27-21-18(12-15-13-24-19-10-4-3-8-16(15)19)22(28)26(23(29)25-21)20-11-5-7-14-6-1-2-9-17(14)20/h1-13,19H,(H,25,27,29)/b18-12+. The van der Waals surface area contributed by atoms with E-state index in [0.717, 1.165) is 21.9 Å². The lowest BCUT2D eigenvalue weighted by molar-refractivity contribution is -0.122. The Balaban J connectivity index is 1.61. The van der Waals surface area contributed by atoms with Crippen LogP contribution in [0, 0.1) is 0 Å². The molecule has 140 valence electrons. The van der Waals surface area contributed by atoms with Crippen molar-refractivity contribution in [3.63, 3.8) is 0 Å². The molecular weight excluding hydrogens is 382 g/mol. The molecule has 2 aromatic carbocycles. The molecule has 1 atom stereocenters. The lowest BCUT2D eigenvalue weighted by atomic mass is 9.98. The first-order valence-corrected chi connectivity index (χ1v) is 9.56. The maximum Gasteiger partial charge on any atom is 0.270 e. The van der Waals surface area contributed by atoms with E-state index in [2.05, 4.69) is 10.3 Å². The van der Waals surface area contributed by atoms with Crippen LogP contribution in [0.3, 0.4) is 0 Å². The Bertz CT molecular complexity index is 1240. The smallest absolute Gasteiger partial charge is 0.270 e. The van der Waals surface area contributed by atoms with Crippen LogP contribution in [0.4, 0.5) is 5.69 Å². The van der Waals surface area contributed by atoms with Crippen molar-refractivity contribution in [3.05, 3.63) is 89.6 Å². The number of hydrogen-bond acceptors (Lipinski definition) is 4. The number of aliphatic imine (C=N–C) groups is 1. The van der Waals surface area contributed by atoms with E-state index in [1.165, 1.54) is 4.90 Å². The lowest BCUT2D eigenvalue weighted by Crippen LogP contribution is -2.54. The van der Waals surface area contributed by atoms with Crippen LogP contribution in [0.25, 0.3) is 10.8 Å². The average molecular weight is 397 g/mol. The topological polar surface area (TPSA) is 61.8 Å². The molecule has 2 aliphatic heterocycles. The molecule has 2 aromatic rings. The molecule has 1 N–H and O–H groups in total. The molecule has 1 aliphatic carbocycles. The van der Waals surface area contributed by atoms with Crippen molar-refractivity contribution >= 4 is 51.8 Å². The molecular formula is C23H15N3O2S. The number of nitrogens with zero attached hydrogens (tertiary/aromatic N) is 2. The van der Waals surface area contributed by atoms with E-state index in [1.54, 1.807) is 12.3 Å². The first-order valence-electron chi connectivity index (χ1n) is 9.15. The van der Waals surface area contributed by atoms with Gasteiger partial charge in [-0.2, -0.15) is 0 Å². The van der Waals surface area contributed by atoms with Crippen LogP contribution in [0.1, 0.15) is 0 Å². The number of nitrogens with one attached hydrogen (secondary N) is 1. The summed E-state index contributed by atoms with van der Waals surface area (Å²) in [5, 5.41) is 4.59. The Labute approximate surface area is 172 Å². The van der Waals surface area contributed by atoms with Crippen LogP contribution in [0.5, 0.6) is 0 Å². The van der Waals surface area contributed by atoms with Crippen LogP contribution < -0.4 is 10.2 Å². The van der Waals surface area contributed by atoms with Crippen molar-refractivity contribution in [2.75, 3.05) is 4.90 Å². The van der Waals surface area contributed by atoms with E-state index in [0.29, 0.717) is 5.69 Å². The number of anilines is 1. The SMILES string of the molecule is O=C1NC(=S)N(c2cccc3ccccc23)C(=O)/C1=C/C1=C2C=CC=CC2N=C1. The number of carbonyl (C=O) groups is 2. The van der Waals surface area contributed by atoms with Crippen LogP contribution in [0.15, 0.2) is 94.6 Å². The van der Waals surface area contributed by atoms with Gasteiger partial charge in [-0.05, 0) is 40.9 Å². The van der Waals surface area contributed by atoms with Gasteiger partial charge in [-0.15, -0.1) is 0 Å². The summed E-state index contributed by atoms with van der Waals surface area (Å²) < 4.78 is 0. The third-order valence-corrected chi connectivity index (χ3v) is 5.40. The van der Waals surface area contributed by atoms with Crippen LogP contribution in [0.2, 0.25) is 0 Å². The third-order valence-electron chi connectivity index (χ3n) is 5.12. The number of hydrogen-bond donors (Lipinski definition) is 1. The molecule has 2 amide bonds. The minimum atomic E-state index is -0.503. The van der Waals surface area contributed by atoms with E-state index in [4.69, 9.17) is 12.2 Å². The molecule has 3 aliphatic rings. The Morgan fingerprint density at radius 1 is 1.07 bits per heavy atom. The monoisotopic (exact) mass is 397 g/mol. The van der Waals surface area contributed by atoms with E-state index >= 15 is 0 Å². The summed E-state index contributed by atoms with van der Waals surface area (Å²) in [6, 6.07) is 13.3. The number of fused-ring (bicyclic) bond motifs is 2. The molecule has 0 spiro atoms. The second-order valence-electron chi connectivity index (χ2n) is 6.83. The van der Waals surface area contributed by atoms with Crippen molar-refractivity contribution in [1.29, 1.82) is 0 Å². The number of thiocarbonyl (C=S) groups is 1. The van der Waals surface area contributed by atoms with Crippen LogP contribution in [-0.2, 0) is 9.59 Å². The number of benzene rings is 2. The van der Waals surface area contributed by atoms with E-state index in [9.17, 15) is 9.59 Å². The van der Waals surface area contributed by atoms with Gasteiger partial charge in [-0.25, -0.2) is 0 Å². The quantitative estimate of drug-likeness (QED) is 0.480. The molecule has 1 saturated heterocycles. The van der Waals surface area contributed by atoms with Gasteiger partial charge in [0.1, 0.15) is 5.57 Å². The molecule has 0 aromatic heterocycles. The average Bonchev–Trinajstić information content (AvgIpc) is 3.14. The highest BCUT2D eigenvalue weighted by atomic mass is 32.1. The summed E-state index contributed by atoms with van der Waals surface area (Å²) in [4.78, 5) is 31.7. The van der Waals surface area contributed by atoms with Gasteiger partial charge in [-0.3, -0.25) is 24.8 Å². The molecule has 0 bridgehead atoms. The van der Waals surface area contributed by atoms with Crippen molar-refractivity contribution in [2.45, 2.75) is 6.04 Å². The first kappa shape index (κ1) is 17.5. The number of rotatable bonds is 2. The normalized spacial score (nSPS) is 22.1. The van der Waals surface area contributed by atoms with Gasteiger partial charge in [0.2, 0.25) is 0 Å². The number of carbonyl (C=O) groups excluding carboxylic acids is 2. The van der Waals surface area contributed by atoms with Gasteiger partial charge in [0.15, 0.2) is 5.11 Å².